The fraction of sp³-hybridized carbons (Fsp3) is 0.312. The van der Waals surface area contributed by atoms with E-state index in [9.17, 15) is 14.4 Å². The zero-order valence-corrected chi connectivity index (χ0v) is 14.4. The molecule has 0 radical (unpaired) electrons. The smallest absolute Gasteiger partial charge is 0.343 e. The molecule has 0 bridgehead atoms. The van der Waals surface area contributed by atoms with E-state index in [2.05, 4.69) is 15.9 Å². The van der Waals surface area contributed by atoms with Crippen LogP contribution in [0.2, 0.25) is 0 Å². The predicted molar refractivity (Wildman–Crippen MR) is 88.5 cm³/mol. The Bertz CT molecular complexity index is 812. The van der Waals surface area contributed by atoms with Crippen molar-refractivity contribution in [1.29, 1.82) is 0 Å². The molecular formula is C16H16BrNO5. The standard InChI is InChI=1S/C16H16BrNO5/c1-3-22-16(21)13-9-18(6-7-23-10(2)19)14-5-4-11(17)8-12(14)15(13)20/h4-5,8-9H,3,6-7H2,1-2H3. The zero-order chi connectivity index (χ0) is 17.0. The number of benzene rings is 1. The number of halogens is 1. The molecular weight excluding hydrogens is 366 g/mol. The molecule has 0 aliphatic heterocycles. The van der Waals surface area contributed by atoms with E-state index in [4.69, 9.17) is 9.47 Å². The van der Waals surface area contributed by atoms with Crippen molar-refractivity contribution in [2.24, 2.45) is 0 Å². The Morgan fingerprint density at radius 2 is 2.00 bits per heavy atom. The van der Waals surface area contributed by atoms with Gasteiger partial charge in [0.15, 0.2) is 0 Å². The normalized spacial score (nSPS) is 10.6. The molecule has 0 aliphatic rings. The highest BCUT2D eigenvalue weighted by atomic mass is 79.9. The average molecular weight is 382 g/mol. The third kappa shape index (κ3) is 3.98. The fourth-order valence-corrected chi connectivity index (χ4v) is 2.56. The van der Waals surface area contributed by atoms with E-state index in [1.807, 2.05) is 0 Å². The summed E-state index contributed by atoms with van der Waals surface area (Å²) >= 11 is 3.32. The molecule has 2 aromatic rings. The second-order valence-electron chi connectivity index (χ2n) is 4.79. The first-order valence-corrected chi connectivity index (χ1v) is 7.86. The van der Waals surface area contributed by atoms with E-state index >= 15 is 0 Å². The largest absolute Gasteiger partial charge is 0.464 e. The van der Waals surface area contributed by atoms with Gasteiger partial charge in [0.05, 0.1) is 18.7 Å². The van der Waals surface area contributed by atoms with E-state index in [0.717, 1.165) is 4.47 Å². The number of esters is 2. The van der Waals surface area contributed by atoms with Gasteiger partial charge >= 0.3 is 11.9 Å². The lowest BCUT2D eigenvalue weighted by Gasteiger charge is -2.13. The number of carbonyl (C=O) groups excluding carboxylic acids is 2. The van der Waals surface area contributed by atoms with Crippen LogP contribution in [0.5, 0.6) is 0 Å². The Morgan fingerprint density at radius 1 is 1.26 bits per heavy atom. The van der Waals surface area contributed by atoms with Gasteiger partial charge in [-0.25, -0.2) is 4.79 Å². The van der Waals surface area contributed by atoms with Crippen molar-refractivity contribution in [1.82, 2.24) is 4.57 Å². The topological polar surface area (TPSA) is 74.6 Å². The molecule has 0 unspecified atom stereocenters. The Labute approximate surface area is 141 Å². The number of carbonyl (C=O) groups is 2. The Hall–Kier alpha value is -2.15. The van der Waals surface area contributed by atoms with Crippen molar-refractivity contribution < 1.29 is 19.1 Å². The quantitative estimate of drug-likeness (QED) is 0.743. The van der Waals surface area contributed by atoms with Crippen molar-refractivity contribution in [2.45, 2.75) is 20.4 Å². The van der Waals surface area contributed by atoms with E-state index in [-0.39, 0.29) is 30.2 Å². The number of hydrogen-bond donors (Lipinski definition) is 0. The average Bonchev–Trinajstić information content (AvgIpc) is 2.49. The van der Waals surface area contributed by atoms with Crippen LogP contribution in [0.15, 0.2) is 33.7 Å². The molecule has 23 heavy (non-hydrogen) atoms. The lowest BCUT2D eigenvalue weighted by molar-refractivity contribution is -0.141. The summed E-state index contributed by atoms with van der Waals surface area (Å²) < 4.78 is 12.3. The lowest BCUT2D eigenvalue weighted by atomic mass is 10.1. The van der Waals surface area contributed by atoms with Gasteiger partial charge in [0.25, 0.3) is 0 Å². The van der Waals surface area contributed by atoms with Crippen molar-refractivity contribution >= 4 is 38.8 Å². The highest BCUT2D eigenvalue weighted by Gasteiger charge is 2.16. The third-order valence-corrected chi connectivity index (χ3v) is 3.67. The Kier molecular flexibility index (Phi) is 5.54. The Balaban J connectivity index is 2.55. The van der Waals surface area contributed by atoms with Gasteiger partial charge < -0.3 is 14.0 Å². The minimum absolute atomic E-state index is 0.0414. The summed E-state index contributed by atoms with van der Waals surface area (Å²) in [4.78, 5) is 35.4. The summed E-state index contributed by atoms with van der Waals surface area (Å²) in [5.41, 5.74) is 0.224. The number of hydrogen-bond acceptors (Lipinski definition) is 5. The lowest BCUT2D eigenvalue weighted by Crippen LogP contribution is -2.22. The van der Waals surface area contributed by atoms with E-state index in [0.29, 0.717) is 17.4 Å². The molecule has 1 aromatic heterocycles. The van der Waals surface area contributed by atoms with Gasteiger partial charge in [-0.05, 0) is 25.1 Å². The maximum atomic E-state index is 12.5. The summed E-state index contributed by atoms with van der Waals surface area (Å²) in [6.45, 7) is 3.65. The van der Waals surface area contributed by atoms with Crippen LogP contribution in [-0.2, 0) is 20.8 Å². The molecule has 0 spiro atoms. The van der Waals surface area contributed by atoms with Gasteiger partial charge in [-0.15, -0.1) is 0 Å². The van der Waals surface area contributed by atoms with E-state index in [1.54, 1.807) is 29.7 Å². The summed E-state index contributed by atoms with van der Waals surface area (Å²) in [6.07, 6.45) is 1.44. The number of pyridine rings is 1. The van der Waals surface area contributed by atoms with Crippen LogP contribution in [0, 0.1) is 0 Å². The zero-order valence-electron chi connectivity index (χ0n) is 12.8. The molecule has 0 atom stereocenters. The van der Waals surface area contributed by atoms with Crippen molar-refractivity contribution in [3.05, 3.63) is 44.7 Å². The van der Waals surface area contributed by atoms with Crippen LogP contribution in [-0.4, -0.2) is 29.7 Å². The number of aromatic nitrogens is 1. The molecule has 122 valence electrons. The summed E-state index contributed by atoms with van der Waals surface area (Å²) in [5, 5.41) is 0.396. The maximum absolute atomic E-state index is 12.5. The van der Waals surface area contributed by atoms with Gasteiger partial charge in [-0.1, -0.05) is 15.9 Å². The molecule has 0 fully saturated rings. The predicted octanol–water partition coefficient (Wildman–Crippen LogP) is 2.50. The molecule has 0 amide bonds. The molecule has 0 N–H and O–H groups in total. The van der Waals surface area contributed by atoms with Gasteiger partial charge in [-0.2, -0.15) is 0 Å². The molecule has 6 nitrogen and oxygen atoms in total. The first kappa shape index (κ1) is 17.2. The number of fused-ring (bicyclic) bond motifs is 1. The second-order valence-corrected chi connectivity index (χ2v) is 5.70. The summed E-state index contributed by atoms with van der Waals surface area (Å²) in [6, 6.07) is 5.22. The van der Waals surface area contributed by atoms with Crippen LogP contribution in [0.3, 0.4) is 0 Å². The number of rotatable bonds is 5. The first-order chi connectivity index (χ1) is 10.9. The number of ether oxygens (including phenoxy) is 2. The Morgan fingerprint density at radius 3 is 2.65 bits per heavy atom. The summed E-state index contributed by atoms with van der Waals surface area (Å²) in [5.74, 6) is -1.05. The van der Waals surface area contributed by atoms with Crippen LogP contribution in [0.1, 0.15) is 24.2 Å². The minimum atomic E-state index is -0.666. The van der Waals surface area contributed by atoms with Crippen molar-refractivity contribution in [3.8, 4) is 0 Å². The highest BCUT2D eigenvalue weighted by molar-refractivity contribution is 9.10. The molecule has 1 heterocycles. The maximum Gasteiger partial charge on any atom is 0.343 e. The SMILES string of the molecule is CCOC(=O)c1cn(CCOC(C)=O)c2ccc(Br)cc2c1=O. The molecule has 1 aromatic carbocycles. The summed E-state index contributed by atoms with van der Waals surface area (Å²) in [7, 11) is 0. The van der Waals surface area contributed by atoms with Gasteiger partial charge in [0.1, 0.15) is 12.2 Å². The first-order valence-electron chi connectivity index (χ1n) is 7.07. The van der Waals surface area contributed by atoms with Crippen LogP contribution >= 0.6 is 15.9 Å². The molecule has 0 saturated carbocycles. The van der Waals surface area contributed by atoms with E-state index in [1.165, 1.54) is 13.1 Å². The van der Waals surface area contributed by atoms with Crippen molar-refractivity contribution in [2.75, 3.05) is 13.2 Å². The monoisotopic (exact) mass is 381 g/mol. The van der Waals surface area contributed by atoms with E-state index < -0.39 is 5.97 Å². The molecule has 0 saturated heterocycles. The minimum Gasteiger partial charge on any atom is -0.464 e. The highest BCUT2D eigenvalue weighted by Crippen LogP contribution is 2.18. The third-order valence-electron chi connectivity index (χ3n) is 3.18. The molecule has 0 aliphatic carbocycles. The van der Waals surface area contributed by atoms with Gasteiger partial charge in [-0.3, -0.25) is 9.59 Å². The number of nitrogens with zero attached hydrogens (tertiary/aromatic N) is 1. The molecule has 7 heteroatoms. The van der Waals surface area contributed by atoms with Crippen LogP contribution < -0.4 is 5.43 Å². The van der Waals surface area contributed by atoms with Gasteiger partial charge in [0, 0.05) is 23.0 Å². The van der Waals surface area contributed by atoms with Crippen LogP contribution in [0.25, 0.3) is 10.9 Å². The fourth-order valence-electron chi connectivity index (χ4n) is 2.20. The molecule has 2 rings (SSSR count). The van der Waals surface area contributed by atoms with Crippen molar-refractivity contribution in [3.63, 3.8) is 0 Å². The van der Waals surface area contributed by atoms with Crippen LogP contribution in [0.4, 0.5) is 0 Å². The second kappa shape index (κ2) is 7.41. The van der Waals surface area contributed by atoms with Gasteiger partial charge in [0.2, 0.25) is 5.43 Å².